The summed E-state index contributed by atoms with van der Waals surface area (Å²) in [6, 6.07) is 8.27. The van der Waals surface area contributed by atoms with Gasteiger partial charge in [-0.15, -0.1) is 0 Å². The van der Waals surface area contributed by atoms with Crippen LogP contribution in [0.25, 0.3) is 0 Å². The second-order valence-corrected chi connectivity index (χ2v) is 6.13. The fourth-order valence-corrected chi connectivity index (χ4v) is 3.48. The molecule has 0 radical (unpaired) electrons. The number of hydrogen-bond acceptors (Lipinski definition) is 2. The molecule has 2 aliphatic rings. The maximum absolute atomic E-state index is 12.8. The summed E-state index contributed by atoms with van der Waals surface area (Å²) in [5, 5.41) is 0. The van der Waals surface area contributed by atoms with E-state index < -0.39 is 0 Å². The molecule has 0 heterocycles. The quantitative estimate of drug-likeness (QED) is 0.840. The van der Waals surface area contributed by atoms with Crippen molar-refractivity contribution in [2.24, 2.45) is 11.7 Å². The molecule has 1 aromatic carbocycles. The van der Waals surface area contributed by atoms with Gasteiger partial charge in [-0.25, -0.2) is 0 Å². The molecule has 2 fully saturated rings. The number of ketones is 1. The summed E-state index contributed by atoms with van der Waals surface area (Å²) in [7, 11) is 0. The van der Waals surface area contributed by atoms with Gasteiger partial charge in [0.2, 0.25) is 0 Å². The van der Waals surface area contributed by atoms with Crippen LogP contribution in [0.3, 0.4) is 0 Å². The summed E-state index contributed by atoms with van der Waals surface area (Å²) in [4.78, 5) is 12.8. The van der Waals surface area contributed by atoms with E-state index in [1.165, 1.54) is 31.2 Å². The molecule has 0 amide bonds. The zero-order valence-electron chi connectivity index (χ0n) is 11.5. The fourth-order valence-electron chi connectivity index (χ4n) is 3.48. The minimum atomic E-state index is 0.0509. The normalized spacial score (nSPS) is 27.8. The average molecular weight is 257 g/mol. The molecule has 2 aliphatic carbocycles. The summed E-state index contributed by atoms with van der Waals surface area (Å²) in [5.74, 6) is 0.963. The Morgan fingerprint density at radius 3 is 2.42 bits per heavy atom. The number of Topliss-reactive ketones (excluding diaryl/α,β-unsaturated/α-hetero) is 1. The Bertz CT molecular complexity index is 464. The van der Waals surface area contributed by atoms with Crippen molar-refractivity contribution in [3.05, 3.63) is 35.4 Å². The minimum absolute atomic E-state index is 0.0509. The van der Waals surface area contributed by atoms with Gasteiger partial charge in [-0.2, -0.15) is 0 Å². The molecule has 0 aromatic heterocycles. The van der Waals surface area contributed by atoms with Gasteiger partial charge >= 0.3 is 0 Å². The third-order valence-electron chi connectivity index (χ3n) is 4.93. The van der Waals surface area contributed by atoms with Gasteiger partial charge in [-0.3, -0.25) is 4.79 Å². The number of nitrogens with two attached hydrogens (primary N) is 1. The Morgan fingerprint density at radius 1 is 1.00 bits per heavy atom. The maximum Gasteiger partial charge on any atom is 0.167 e. The van der Waals surface area contributed by atoms with Crippen LogP contribution < -0.4 is 5.73 Å². The van der Waals surface area contributed by atoms with E-state index in [9.17, 15) is 4.79 Å². The monoisotopic (exact) mass is 257 g/mol. The molecule has 2 N–H and O–H groups in total. The van der Waals surface area contributed by atoms with Gasteiger partial charge in [-0.05, 0) is 37.2 Å². The second kappa shape index (κ2) is 5.46. The van der Waals surface area contributed by atoms with Crippen LogP contribution in [0.1, 0.15) is 66.8 Å². The zero-order valence-corrected chi connectivity index (χ0v) is 11.5. The number of carbonyl (C=O) groups excluding carboxylic acids is 1. The molecule has 0 bridgehead atoms. The van der Waals surface area contributed by atoms with Crippen LogP contribution in [0.4, 0.5) is 0 Å². The topological polar surface area (TPSA) is 43.1 Å². The van der Waals surface area contributed by atoms with Crippen LogP contribution >= 0.6 is 0 Å². The van der Waals surface area contributed by atoms with Crippen LogP contribution in [0.15, 0.2) is 24.3 Å². The molecule has 102 valence electrons. The zero-order chi connectivity index (χ0) is 13.2. The van der Waals surface area contributed by atoms with Crippen molar-refractivity contribution >= 4 is 5.78 Å². The van der Waals surface area contributed by atoms with Gasteiger partial charge in [0, 0.05) is 17.5 Å². The molecular weight excluding hydrogens is 234 g/mol. The van der Waals surface area contributed by atoms with E-state index in [2.05, 4.69) is 12.1 Å². The number of benzene rings is 1. The van der Waals surface area contributed by atoms with E-state index in [1.54, 1.807) is 0 Å². The van der Waals surface area contributed by atoms with Crippen LogP contribution in [0.5, 0.6) is 0 Å². The molecular formula is C17H23NO. The number of carbonyl (C=O) groups is 1. The molecule has 2 nitrogen and oxygen atoms in total. The first-order valence-electron chi connectivity index (χ1n) is 7.66. The fraction of sp³-hybridized carbons (Fsp3) is 0.588. The van der Waals surface area contributed by atoms with Crippen LogP contribution in [0.2, 0.25) is 0 Å². The van der Waals surface area contributed by atoms with E-state index in [0.29, 0.717) is 11.7 Å². The van der Waals surface area contributed by atoms with Gasteiger partial charge in [0.05, 0.1) is 0 Å². The Hall–Kier alpha value is -1.15. The lowest BCUT2D eigenvalue weighted by atomic mass is 9.74. The van der Waals surface area contributed by atoms with Crippen molar-refractivity contribution in [1.82, 2.24) is 0 Å². The van der Waals surface area contributed by atoms with Crippen molar-refractivity contribution in [2.45, 2.75) is 56.9 Å². The smallest absolute Gasteiger partial charge is 0.167 e. The van der Waals surface area contributed by atoms with Crippen molar-refractivity contribution in [1.29, 1.82) is 0 Å². The Kier molecular flexibility index (Phi) is 3.69. The van der Waals surface area contributed by atoms with Crippen molar-refractivity contribution in [3.8, 4) is 0 Å². The predicted octanol–water partition coefficient (Wildman–Crippen LogP) is 3.65. The van der Waals surface area contributed by atoms with Gasteiger partial charge in [0.25, 0.3) is 0 Å². The van der Waals surface area contributed by atoms with E-state index in [1.807, 2.05) is 12.1 Å². The third kappa shape index (κ3) is 2.46. The largest absolute Gasteiger partial charge is 0.327 e. The standard InChI is InChI=1S/C17H23NO/c18-16-11-4-3-10-15(16)17(19)14-9-2-1-8-13(14)12-6-5-7-12/h1-2,8-9,12,15-16H,3-7,10-11,18H2. The van der Waals surface area contributed by atoms with Crippen LogP contribution in [0, 0.1) is 5.92 Å². The van der Waals surface area contributed by atoms with Crippen molar-refractivity contribution in [3.63, 3.8) is 0 Å². The van der Waals surface area contributed by atoms with Crippen molar-refractivity contribution < 1.29 is 4.79 Å². The number of hydrogen-bond donors (Lipinski definition) is 1. The van der Waals surface area contributed by atoms with Gasteiger partial charge < -0.3 is 5.73 Å². The molecule has 0 aliphatic heterocycles. The lowest BCUT2D eigenvalue weighted by Gasteiger charge is -2.31. The van der Waals surface area contributed by atoms with E-state index >= 15 is 0 Å². The predicted molar refractivity (Wildman–Crippen MR) is 77.3 cm³/mol. The first-order valence-corrected chi connectivity index (χ1v) is 7.66. The molecule has 2 unspecified atom stereocenters. The van der Waals surface area contributed by atoms with E-state index in [4.69, 9.17) is 5.73 Å². The van der Waals surface area contributed by atoms with Crippen LogP contribution in [-0.2, 0) is 0 Å². The first-order chi connectivity index (χ1) is 9.27. The van der Waals surface area contributed by atoms with Gasteiger partial charge in [0.15, 0.2) is 5.78 Å². The molecule has 0 saturated heterocycles. The van der Waals surface area contributed by atoms with Gasteiger partial charge in [0.1, 0.15) is 0 Å². The van der Waals surface area contributed by atoms with E-state index in [0.717, 1.165) is 24.8 Å². The highest BCUT2D eigenvalue weighted by atomic mass is 16.1. The molecule has 2 atom stereocenters. The summed E-state index contributed by atoms with van der Waals surface area (Å²) >= 11 is 0. The minimum Gasteiger partial charge on any atom is -0.327 e. The first kappa shape index (κ1) is 12.9. The maximum atomic E-state index is 12.8. The average Bonchev–Trinajstić information content (AvgIpc) is 2.37. The van der Waals surface area contributed by atoms with Crippen molar-refractivity contribution in [2.75, 3.05) is 0 Å². The SMILES string of the molecule is NC1CCCCC1C(=O)c1ccccc1C1CCC1. The molecule has 0 spiro atoms. The lowest BCUT2D eigenvalue weighted by molar-refractivity contribution is 0.0869. The highest BCUT2D eigenvalue weighted by molar-refractivity contribution is 5.99. The third-order valence-corrected chi connectivity index (χ3v) is 4.93. The van der Waals surface area contributed by atoms with Crippen LogP contribution in [-0.4, -0.2) is 11.8 Å². The lowest BCUT2D eigenvalue weighted by Crippen LogP contribution is -2.38. The highest BCUT2D eigenvalue weighted by Crippen LogP contribution is 2.39. The Labute approximate surface area is 115 Å². The molecule has 2 heteroatoms. The summed E-state index contributed by atoms with van der Waals surface area (Å²) in [5.41, 5.74) is 8.40. The number of rotatable bonds is 3. The summed E-state index contributed by atoms with van der Waals surface area (Å²) < 4.78 is 0. The molecule has 19 heavy (non-hydrogen) atoms. The summed E-state index contributed by atoms with van der Waals surface area (Å²) in [6.07, 6.45) is 8.07. The highest BCUT2D eigenvalue weighted by Gasteiger charge is 2.32. The Morgan fingerprint density at radius 2 is 1.74 bits per heavy atom. The second-order valence-electron chi connectivity index (χ2n) is 6.13. The Balaban J connectivity index is 1.86. The molecule has 2 saturated carbocycles. The summed E-state index contributed by atoms with van der Waals surface area (Å²) in [6.45, 7) is 0. The molecule has 1 aromatic rings. The molecule has 3 rings (SSSR count). The van der Waals surface area contributed by atoms with E-state index in [-0.39, 0.29) is 12.0 Å². The van der Waals surface area contributed by atoms with Gasteiger partial charge in [-0.1, -0.05) is 43.5 Å².